The largest absolute Gasteiger partial charge is 0.618 e. The minimum atomic E-state index is -3.66. The van der Waals surface area contributed by atoms with Crippen LogP contribution in [0.25, 0.3) is 11.1 Å². The second kappa shape index (κ2) is 14.8. The van der Waals surface area contributed by atoms with Gasteiger partial charge in [0.25, 0.3) is 5.03 Å². The minimum Gasteiger partial charge on any atom is -0.618 e. The maximum Gasteiger partial charge on any atom is 0.251 e. The Hall–Kier alpha value is -4.03. The van der Waals surface area contributed by atoms with Crippen LogP contribution in [0.4, 0.5) is 0 Å². The van der Waals surface area contributed by atoms with Crippen LogP contribution in [0.2, 0.25) is 0 Å². The number of nitrogens with one attached hydrogen (secondary N) is 1. The highest BCUT2D eigenvalue weighted by atomic mass is 32.2. The molecule has 4 aromatic carbocycles. The third-order valence-electron chi connectivity index (χ3n) is 8.32. The Morgan fingerprint density at radius 2 is 1.51 bits per heavy atom. The third kappa shape index (κ3) is 7.76. The van der Waals surface area contributed by atoms with E-state index in [0.29, 0.717) is 10.8 Å². The molecule has 0 aliphatic carbocycles. The van der Waals surface area contributed by atoms with Crippen molar-refractivity contribution >= 4 is 21.8 Å². The lowest BCUT2D eigenvalue weighted by Crippen LogP contribution is -2.39. The van der Waals surface area contributed by atoms with E-state index in [2.05, 4.69) is 11.6 Å². The molecular weight excluding hydrogens is 633 g/mol. The van der Waals surface area contributed by atoms with Gasteiger partial charge in [0.15, 0.2) is 12.5 Å². The molecule has 4 atom stereocenters. The van der Waals surface area contributed by atoms with Gasteiger partial charge in [-0.2, -0.15) is 4.73 Å². The Morgan fingerprint density at radius 3 is 2.23 bits per heavy atom. The normalized spacial score (nSPS) is 19.8. The molecular formula is C37H36N2O6S2. The molecule has 0 saturated carbocycles. The summed E-state index contributed by atoms with van der Waals surface area (Å²) in [7, 11) is -3.66. The van der Waals surface area contributed by atoms with Crippen LogP contribution in [0.15, 0.2) is 137 Å². The Bertz CT molecular complexity index is 1890. The van der Waals surface area contributed by atoms with E-state index < -0.39 is 16.3 Å². The van der Waals surface area contributed by atoms with E-state index in [1.807, 2.05) is 78.9 Å². The van der Waals surface area contributed by atoms with Crippen LogP contribution in [0.1, 0.15) is 41.6 Å². The molecule has 0 bridgehead atoms. The predicted octanol–water partition coefficient (Wildman–Crippen LogP) is 6.54. The molecule has 0 spiro atoms. The standard InChI is InChI=1S/C37H36N2O6S2/c1-26-34(25-46-35-13-7-8-22-39(35)41)44-37(45-36(26)29-16-14-27(24-40)15-17-29)30-20-18-28(19-21-30)33-12-6-5-9-31(33)23-38-47(42,43)32-10-3-2-4-11-32/h2-22,26,34,36-38,40H,23-25H2,1H3. The first-order chi connectivity index (χ1) is 22.8. The van der Waals surface area contributed by atoms with Crippen molar-refractivity contribution in [3.05, 3.63) is 155 Å². The lowest BCUT2D eigenvalue weighted by Gasteiger charge is -2.41. The van der Waals surface area contributed by atoms with Crippen molar-refractivity contribution in [2.75, 3.05) is 5.75 Å². The monoisotopic (exact) mass is 668 g/mol. The van der Waals surface area contributed by atoms with Crippen molar-refractivity contribution in [1.29, 1.82) is 0 Å². The molecule has 2 heterocycles. The van der Waals surface area contributed by atoms with E-state index in [9.17, 15) is 18.7 Å². The van der Waals surface area contributed by atoms with Gasteiger partial charge in [-0.15, -0.1) is 0 Å². The second-order valence-corrected chi connectivity index (χ2v) is 14.2. The van der Waals surface area contributed by atoms with Gasteiger partial charge in [-0.05, 0) is 46.0 Å². The lowest BCUT2D eigenvalue weighted by atomic mass is 9.91. The second-order valence-electron chi connectivity index (χ2n) is 11.4. The molecule has 2 N–H and O–H groups in total. The topological polar surface area (TPSA) is 112 Å². The molecule has 1 fully saturated rings. The Kier molecular flexibility index (Phi) is 10.4. The number of ether oxygens (including phenoxy) is 2. The molecule has 4 unspecified atom stereocenters. The number of hydrogen-bond donors (Lipinski definition) is 2. The molecule has 1 saturated heterocycles. The van der Waals surface area contributed by atoms with Crippen molar-refractivity contribution in [2.24, 2.45) is 5.92 Å². The average Bonchev–Trinajstić information content (AvgIpc) is 3.11. The first kappa shape index (κ1) is 32.9. The van der Waals surface area contributed by atoms with Gasteiger partial charge in [-0.3, -0.25) is 0 Å². The number of pyridine rings is 1. The van der Waals surface area contributed by atoms with Gasteiger partial charge in [0.05, 0.1) is 23.7 Å². The van der Waals surface area contributed by atoms with Crippen LogP contribution in [0.3, 0.4) is 0 Å². The van der Waals surface area contributed by atoms with Crippen molar-refractivity contribution < 1.29 is 27.7 Å². The number of aliphatic hydroxyl groups excluding tert-OH is 1. The zero-order valence-electron chi connectivity index (χ0n) is 25.8. The van der Waals surface area contributed by atoms with E-state index >= 15 is 0 Å². The lowest BCUT2D eigenvalue weighted by molar-refractivity contribution is -0.645. The molecule has 47 heavy (non-hydrogen) atoms. The summed E-state index contributed by atoms with van der Waals surface area (Å²) in [4.78, 5) is 0.221. The number of hydrogen-bond acceptors (Lipinski definition) is 7. The van der Waals surface area contributed by atoms with Gasteiger partial charge < -0.3 is 19.8 Å². The van der Waals surface area contributed by atoms with Gasteiger partial charge in [-0.25, -0.2) is 13.1 Å². The number of aliphatic hydroxyl groups is 1. The first-order valence-corrected chi connectivity index (χ1v) is 17.8. The molecule has 0 amide bonds. The third-order valence-corrected chi connectivity index (χ3v) is 10.8. The first-order valence-electron chi connectivity index (χ1n) is 15.4. The summed E-state index contributed by atoms with van der Waals surface area (Å²) < 4.78 is 42.5. The molecule has 0 radical (unpaired) electrons. The van der Waals surface area contributed by atoms with Crippen LogP contribution in [-0.2, 0) is 32.6 Å². The smallest absolute Gasteiger partial charge is 0.251 e. The van der Waals surface area contributed by atoms with Crippen LogP contribution in [-0.4, -0.2) is 25.4 Å². The molecule has 6 rings (SSSR count). The van der Waals surface area contributed by atoms with E-state index in [-0.39, 0.29) is 36.2 Å². The van der Waals surface area contributed by atoms with Crippen molar-refractivity contribution in [3.8, 4) is 11.1 Å². The summed E-state index contributed by atoms with van der Waals surface area (Å²) in [5.41, 5.74) is 5.34. The van der Waals surface area contributed by atoms with Gasteiger partial charge in [-0.1, -0.05) is 110 Å². The fourth-order valence-corrected chi connectivity index (χ4v) is 7.74. The van der Waals surface area contributed by atoms with Crippen LogP contribution in [0.5, 0.6) is 0 Å². The quantitative estimate of drug-likeness (QED) is 0.0934. The number of rotatable bonds is 11. The highest BCUT2D eigenvalue weighted by Crippen LogP contribution is 2.43. The van der Waals surface area contributed by atoms with Crippen LogP contribution < -0.4 is 9.45 Å². The SMILES string of the molecule is CC1C(CSc2cccc[n+]2[O-])OC(c2ccc(-c3ccccc3CNS(=O)(=O)c3ccccc3)cc2)OC1c1ccc(CO)cc1. The van der Waals surface area contributed by atoms with Gasteiger partial charge in [0.2, 0.25) is 10.0 Å². The Balaban J connectivity index is 1.23. The summed E-state index contributed by atoms with van der Waals surface area (Å²) >= 11 is 1.45. The minimum absolute atomic E-state index is 0.0200. The maximum absolute atomic E-state index is 12.9. The highest BCUT2D eigenvalue weighted by molar-refractivity contribution is 7.99. The fourth-order valence-electron chi connectivity index (χ4n) is 5.63. The zero-order valence-corrected chi connectivity index (χ0v) is 27.4. The Labute approximate surface area is 279 Å². The van der Waals surface area contributed by atoms with E-state index in [1.54, 1.807) is 42.5 Å². The molecule has 10 heteroatoms. The van der Waals surface area contributed by atoms with Gasteiger partial charge in [0, 0.05) is 35.9 Å². The predicted molar refractivity (Wildman–Crippen MR) is 181 cm³/mol. The maximum atomic E-state index is 12.9. The molecule has 1 aromatic heterocycles. The van der Waals surface area contributed by atoms with Gasteiger partial charge >= 0.3 is 0 Å². The van der Waals surface area contributed by atoms with E-state index in [1.165, 1.54) is 18.0 Å². The van der Waals surface area contributed by atoms with Crippen molar-refractivity contribution in [1.82, 2.24) is 4.72 Å². The van der Waals surface area contributed by atoms with E-state index in [4.69, 9.17) is 9.47 Å². The summed E-state index contributed by atoms with van der Waals surface area (Å²) in [5.74, 6) is 0.538. The molecule has 242 valence electrons. The van der Waals surface area contributed by atoms with Gasteiger partial charge in [0.1, 0.15) is 0 Å². The fraction of sp³-hybridized carbons (Fsp3) is 0.216. The summed E-state index contributed by atoms with van der Waals surface area (Å²) in [6.07, 6.45) is 0.333. The summed E-state index contributed by atoms with van der Waals surface area (Å²) in [6.45, 7) is 2.20. The average molecular weight is 669 g/mol. The number of thioether (sulfide) groups is 1. The molecule has 8 nitrogen and oxygen atoms in total. The van der Waals surface area contributed by atoms with Crippen molar-refractivity contribution in [2.45, 2.75) is 48.5 Å². The number of aromatic nitrogens is 1. The van der Waals surface area contributed by atoms with Crippen LogP contribution >= 0.6 is 11.8 Å². The molecule has 1 aliphatic rings. The number of nitrogens with zero attached hydrogens (tertiary/aromatic N) is 1. The molecule has 5 aromatic rings. The van der Waals surface area contributed by atoms with E-state index in [0.717, 1.165) is 38.1 Å². The summed E-state index contributed by atoms with van der Waals surface area (Å²) in [5, 5.41) is 22.5. The number of benzene rings is 4. The van der Waals surface area contributed by atoms with Crippen LogP contribution in [0, 0.1) is 11.1 Å². The Morgan fingerprint density at radius 1 is 0.830 bits per heavy atom. The number of sulfonamides is 1. The zero-order chi connectivity index (χ0) is 32.8. The molecule has 1 aliphatic heterocycles. The van der Waals surface area contributed by atoms with Crippen molar-refractivity contribution in [3.63, 3.8) is 0 Å². The highest BCUT2D eigenvalue weighted by Gasteiger charge is 2.38. The summed E-state index contributed by atoms with van der Waals surface area (Å²) in [6, 6.07) is 37.1.